The van der Waals surface area contributed by atoms with Crippen LogP contribution in [0.5, 0.6) is 0 Å². The normalized spacial score (nSPS) is 20.9. The first-order valence-corrected chi connectivity index (χ1v) is 7.90. The quantitative estimate of drug-likeness (QED) is 0.712. The summed E-state index contributed by atoms with van der Waals surface area (Å²) >= 11 is 0. The third-order valence-electron chi connectivity index (χ3n) is 4.32. The Morgan fingerprint density at radius 3 is 2.30 bits per heavy atom. The molecule has 2 aliphatic carbocycles. The zero-order valence-corrected chi connectivity index (χ0v) is 12.3. The van der Waals surface area contributed by atoms with Gasteiger partial charge in [0.25, 0.3) is 0 Å². The number of nitrogens with zero attached hydrogens (tertiary/aromatic N) is 1. The SMILES string of the molecule is CCCC(NCC(=O)N(C1CCCC1)C1CC1)C(=O)O. The molecule has 0 aromatic carbocycles. The fourth-order valence-electron chi connectivity index (χ4n) is 3.14. The number of aliphatic carboxylic acids is 1. The van der Waals surface area contributed by atoms with Crippen LogP contribution in [-0.4, -0.2) is 46.6 Å². The molecule has 2 N–H and O–H groups in total. The Hall–Kier alpha value is -1.10. The molecule has 20 heavy (non-hydrogen) atoms. The van der Waals surface area contributed by atoms with E-state index >= 15 is 0 Å². The molecule has 0 spiro atoms. The van der Waals surface area contributed by atoms with Gasteiger partial charge < -0.3 is 10.0 Å². The van der Waals surface area contributed by atoms with Crippen molar-refractivity contribution in [1.82, 2.24) is 10.2 Å². The van der Waals surface area contributed by atoms with E-state index in [4.69, 9.17) is 5.11 Å². The average Bonchev–Trinajstić information content (AvgIpc) is 3.09. The molecule has 5 nitrogen and oxygen atoms in total. The lowest BCUT2D eigenvalue weighted by Crippen LogP contribution is -2.48. The minimum atomic E-state index is -0.863. The second kappa shape index (κ2) is 7.07. The fraction of sp³-hybridized carbons (Fsp3) is 0.867. The highest BCUT2D eigenvalue weighted by molar-refractivity contribution is 5.81. The molecule has 0 radical (unpaired) electrons. The Kier molecular flexibility index (Phi) is 5.40. The van der Waals surface area contributed by atoms with Crippen LogP contribution in [0, 0.1) is 0 Å². The van der Waals surface area contributed by atoms with Crippen molar-refractivity contribution in [2.75, 3.05) is 6.54 Å². The molecule has 0 aromatic rings. The lowest BCUT2D eigenvalue weighted by molar-refractivity contribution is -0.140. The minimum Gasteiger partial charge on any atom is -0.480 e. The Labute approximate surface area is 120 Å². The van der Waals surface area contributed by atoms with E-state index in [1.807, 2.05) is 11.8 Å². The number of carbonyl (C=O) groups is 2. The van der Waals surface area contributed by atoms with Crippen molar-refractivity contribution in [2.45, 2.75) is 76.4 Å². The van der Waals surface area contributed by atoms with Gasteiger partial charge in [0.1, 0.15) is 6.04 Å². The highest BCUT2D eigenvalue weighted by Crippen LogP contribution is 2.34. The smallest absolute Gasteiger partial charge is 0.320 e. The molecule has 2 rings (SSSR count). The van der Waals surface area contributed by atoms with Crippen LogP contribution in [0.15, 0.2) is 0 Å². The molecular formula is C15H26N2O3. The van der Waals surface area contributed by atoms with Crippen LogP contribution in [0.1, 0.15) is 58.3 Å². The molecule has 5 heteroatoms. The van der Waals surface area contributed by atoms with Crippen molar-refractivity contribution in [3.05, 3.63) is 0 Å². The van der Waals surface area contributed by atoms with E-state index in [9.17, 15) is 9.59 Å². The van der Waals surface area contributed by atoms with Crippen LogP contribution >= 0.6 is 0 Å². The summed E-state index contributed by atoms with van der Waals surface area (Å²) in [6.45, 7) is 2.11. The Bertz CT molecular complexity index is 349. The number of amides is 1. The van der Waals surface area contributed by atoms with Gasteiger partial charge >= 0.3 is 5.97 Å². The molecule has 2 fully saturated rings. The van der Waals surface area contributed by atoms with E-state index in [1.54, 1.807) is 0 Å². The zero-order chi connectivity index (χ0) is 14.5. The second-order valence-electron chi connectivity index (χ2n) is 6.03. The van der Waals surface area contributed by atoms with Gasteiger partial charge in [-0.1, -0.05) is 26.2 Å². The van der Waals surface area contributed by atoms with Gasteiger partial charge in [0.15, 0.2) is 0 Å². The Morgan fingerprint density at radius 2 is 1.80 bits per heavy atom. The second-order valence-corrected chi connectivity index (χ2v) is 6.03. The summed E-state index contributed by atoms with van der Waals surface area (Å²) in [5.74, 6) is -0.778. The molecule has 2 saturated carbocycles. The maximum absolute atomic E-state index is 12.4. The largest absolute Gasteiger partial charge is 0.480 e. The number of carboxylic acids is 1. The molecule has 2 aliphatic rings. The van der Waals surface area contributed by atoms with Crippen molar-refractivity contribution in [2.24, 2.45) is 0 Å². The molecule has 1 unspecified atom stereocenters. The van der Waals surface area contributed by atoms with Crippen LogP contribution in [0.2, 0.25) is 0 Å². The van der Waals surface area contributed by atoms with Crippen molar-refractivity contribution in [3.63, 3.8) is 0 Å². The minimum absolute atomic E-state index is 0.0850. The van der Waals surface area contributed by atoms with Crippen molar-refractivity contribution < 1.29 is 14.7 Å². The first kappa shape index (κ1) is 15.3. The van der Waals surface area contributed by atoms with Gasteiger partial charge in [0, 0.05) is 12.1 Å². The van der Waals surface area contributed by atoms with E-state index in [0.717, 1.165) is 32.1 Å². The number of rotatable bonds is 8. The summed E-state index contributed by atoms with van der Waals surface area (Å²) < 4.78 is 0. The third kappa shape index (κ3) is 3.95. The molecule has 0 heterocycles. The standard InChI is InChI=1S/C15H26N2O3/c1-2-5-13(15(19)20)16-10-14(18)17(12-8-9-12)11-6-3-4-7-11/h11-13,16H,2-10H2,1H3,(H,19,20). The molecule has 0 bridgehead atoms. The van der Waals surface area contributed by atoms with Gasteiger partial charge in [0.05, 0.1) is 6.54 Å². The van der Waals surface area contributed by atoms with E-state index in [0.29, 0.717) is 18.5 Å². The topological polar surface area (TPSA) is 69.6 Å². The van der Waals surface area contributed by atoms with Crippen molar-refractivity contribution in [3.8, 4) is 0 Å². The van der Waals surface area contributed by atoms with E-state index in [-0.39, 0.29) is 12.5 Å². The predicted molar refractivity (Wildman–Crippen MR) is 76.5 cm³/mol. The number of carbonyl (C=O) groups excluding carboxylic acids is 1. The van der Waals surface area contributed by atoms with Crippen molar-refractivity contribution in [1.29, 1.82) is 0 Å². The summed E-state index contributed by atoms with van der Waals surface area (Å²) in [4.78, 5) is 25.5. The number of nitrogens with one attached hydrogen (secondary N) is 1. The molecular weight excluding hydrogens is 256 g/mol. The molecule has 0 saturated heterocycles. The highest BCUT2D eigenvalue weighted by atomic mass is 16.4. The van der Waals surface area contributed by atoms with Crippen LogP contribution in [-0.2, 0) is 9.59 Å². The lowest BCUT2D eigenvalue weighted by Gasteiger charge is -2.29. The summed E-state index contributed by atoms with van der Waals surface area (Å²) in [7, 11) is 0. The summed E-state index contributed by atoms with van der Waals surface area (Å²) in [5.41, 5.74) is 0. The summed E-state index contributed by atoms with van der Waals surface area (Å²) in [6, 6.07) is 0.210. The first-order valence-electron chi connectivity index (χ1n) is 7.90. The van der Waals surface area contributed by atoms with E-state index < -0.39 is 12.0 Å². The summed E-state index contributed by atoms with van der Waals surface area (Å²) in [5, 5.41) is 12.0. The highest BCUT2D eigenvalue weighted by Gasteiger charge is 2.38. The van der Waals surface area contributed by atoms with Gasteiger partial charge in [-0.2, -0.15) is 0 Å². The van der Waals surface area contributed by atoms with Gasteiger partial charge in [-0.05, 0) is 32.1 Å². The van der Waals surface area contributed by atoms with Crippen molar-refractivity contribution >= 4 is 11.9 Å². The predicted octanol–water partition coefficient (Wildman–Crippen LogP) is 1.76. The number of hydrogen-bond donors (Lipinski definition) is 2. The molecule has 0 aliphatic heterocycles. The Balaban J connectivity index is 1.86. The van der Waals surface area contributed by atoms with E-state index in [1.165, 1.54) is 12.8 Å². The van der Waals surface area contributed by atoms with Gasteiger partial charge in [-0.25, -0.2) is 0 Å². The van der Waals surface area contributed by atoms with E-state index in [2.05, 4.69) is 5.32 Å². The third-order valence-corrected chi connectivity index (χ3v) is 4.32. The van der Waals surface area contributed by atoms with Crippen LogP contribution in [0.4, 0.5) is 0 Å². The average molecular weight is 282 g/mol. The molecule has 1 atom stereocenters. The van der Waals surface area contributed by atoms with Crippen LogP contribution in [0.25, 0.3) is 0 Å². The fourth-order valence-corrected chi connectivity index (χ4v) is 3.14. The number of carboxylic acid groups (broad SMARTS) is 1. The molecule has 0 aromatic heterocycles. The lowest BCUT2D eigenvalue weighted by atomic mass is 10.1. The van der Waals surface area contributed by atoms with Gasteiger partial charge in [0.2, 0.25) is 5.91 Å². The Morgan fingerprint density at radius 1 is 1.20 bits per heavy atom. The summed E-state index contributed by atoms with van der Waals surface area (Å²) in [6.07, 6.45) is 8.23. The molecule has 1 amide bonds. The molecule has 114 valence electrons. The maximum atomic E-state index is 12.4. The number of hydrogen-bond acceptors (Lipinski definition) is 3. The zero-order valence-electron chi connectivity index (χ0n) is 12.3. The van der Waals surface area contributed by atoms with Gasteiger partial charge in [-0.15, -0.1) is 0 Å². The van der Waals surface area contributed by atoms with Crippen LogP contribution < -0.4 is 5.32 Å². The monoisotopic (exact) mass is 282 g/mol. The first-order chi connectivity index (χ1) is 9.63. The van der Waals surface area contributed by atoms with Gasteiger partial charge in [-0.3, -0.25) is 14.9 Å². The van der Waals surface area contributed by atoms with Crippen LogP contribution in [0.3, 0.4) is 0 Å². The maximum Gasteiger partial charge on any atom is 0.320 e.